The van der Waals surface area contributed by atoms with Gasteiger partial charge >= 0.3 is 0 Å². The highest BCUT2D eigenvalue weighted by atomic mass is 15.1. The summed E-state index contributed by atoms with van der Waals surface area (Å²) in [5.74, 6) is 1.40. The number of hydrogen-bond donors (Lipinski definition) is 1. The monoisotopic (exact) mass is 260 g/mol. The molecule has 0 bridgehead atoms. The molecule has 1 aromatic carbocycles. The van der Waals surface area contributed by atoms with Crippen molar-refractivity contribution in [2.45, 2.75) is 39.2 Å². The average Bonchev–Trinajstić information content (AvgIpc) is 2.36. The van der Waals surface area contributed by atoms with Crippen molar-refractivity contribution in [2.24, 2.45) is 5.92 Å². The van der Waals surface area contributed by atoms with E-state index in [1.165, 1.54) is 30.6 Å². The van der Waals surface area contributed by atoms with Gasteiger partial charge in [0.2, 0.25) is 0 Å². The molecule has 1 aromatic rings. The number of nitrogens with zero attached hydrogens (tertiary/aromatic N) is 1. The van der Waals surface area contributed by atoms with Crippen LogP contribution in [0, 0.1) is 12.8 Å². The first-order chi connectivity index (χ1) is 9.04. The van der Waals surface area contributed by atoms with Crippen LogP contribution in [0.5, 0.6) is 0 Å². The Bertz CT molecular complexity index is 383. The first-order valence-corrected chi connectivity index (χ1v) is 7.53. The van der Waals surface area contributed by atoms with Gasteiger partial charge in [0.05, 0.1) is 0 Å². The van der Waals surface area contributed by atoms with Gasteiger partial charge in [0.25, 0.3) is 0 Å². The van der Waals surface area contributed by atoms with E-state index in [4.69, 9.17) is 0 Å². The molecule has 0 saturated carbocycles. The van der Waals surface area contributed by atoms with Gasteiger partial charge in [-0.3, -0.25) is 0 Å². The van der Waals surface area contributed by atoms with Crippen LogP contribution < -0.4 is 5.32 Å². The summed E-state index contributed by atoms with van der Waals surface area (Å²) in [6.45, 7) is 10.2. The van der Waals surface area contributed by atoms with Gasteiger partial charge in [-0.2, -0.15) is 0 Å². The van der Waals surface area contributed by atoms with Crippen molar-refractivity contribution in [3.63, 3.8) is 0 Å². The molecule has 1 aliphatic rings. The second-order valence-corrected chi connectivity index (χ2v) is 6.56. The van der Waals surface area contributed by atoms with E-state index < -0.39 is 0 Å². The second-order valence-electron chi connectivity index (χ2n) is 6.56. The van der Waals surface area contributed by atoms with E-state index in [-0.39, 0.29) is 0 Å². The predicted octanol–water partition coefficient (Wildman–Crippen LogP) is 3.03. The van der Waals surface area contributed by atoms with Gasteiger partial charge in [-0.15, -0.1) is 0 Å². The zero-order valence-corrected chi connectivity index (χ0v) is 12.8. The lowest BCUT2D eigenvalue weighted by Crippen LogP contribution is -2.47. The molecule has 1 aliphatic heterocycles. The Balaban J connectivity index is 1.99. The lowest BCUT2D eigenvalue weighted by atomic mass is 9.88. The van der Waals surface area contributed by atoms with E-state index in [0.717, 1.165) is 12.5 Å². The SMILES string of the molecule is Cc1ccc(C2CC(NCC(C)C)CN(C)C2)cc1. The fourth-order valence-corrected chi connectivity index (χ4v) is 2.95. The van der Waals surface area contributed by atoms with Crippen molar-refractivity contribution in [2.75, 3.05) is 26.7 Å². The quantitative estimate of drug-likeness (QED) is 0.895. The second kappa shape index (κ2) is 6.53. The largest absolute Gasteiger partial charge is 0.312 e. The van der Waals surface area contributed by atoms with Crippen molar-refractivity contribution >= 4 is 0 Å². The van der Waals surface area contributed by atoms with Crippen LogP contribution in [0.25, 0.3) is 0 Å². The highest BCUT2D eigenvalue weighted by Crippen LogP contribution is 2.26. The van der Waals surface area contributed by atoms with Gasteiger partial charge < -0.3 is 10.2 Å². The highest BCUT2D eigenvalue weighted by molar-refractivity contribution is 5.25. The Morgan fingerprint density at radius 2 is 1.89 bits per heavy atom. The van der Waals surface area contributed by atoms with E-state index in [2.05, 4.69) is 62.3 Å². The van der Waals surface area contributed by atoms with Crippen molar-refractivity contribution < 1.29 is 0 Å². The van der Waals surface area contributed by atoms with Gasteiger partial charge in [0.1, 0.15) is 0 Å². The average molecular weight is 260 g/mol. The number of piperidine rings is 1. The molecule has 0 aromatic heterocycles. The summed E-state index contributed by atoms with van der Waals surface area (Å²) >= 11 is 0. The summed E-state index contributed by atoms with van der Waals surface area (Å²) in [5.41, 5.74) is 2.84. The van der Waals surface area contributed by atoms with Crippen LogP contribution in [0.4, 0.5) is 0 Å². The van der Waals surface area contributed by atoms with E-state index >= 15 is 0 Å². The number of benzene rings is 1. The molecule has 2 rings (SSSR count). The van der Waals surface area contributed by atoms with Crippen LogP contribution in [-0.4, -0.2) is 37.6 Å². The molecule has 0 radical (unpaired) electrons. The summed E-state index contributed by atoms with van der Waals surface area (Å²) < 4.78 is 0. The Hall–Kier alpha value is -0.860. The lowest BCUT2D eigenvalue weighted by molar-refractivity contribution is 0.202. The van der Waals surface area contributed by atoms with Gasteiger partial charge in [-0.25, -0.2) is 0 Å². The third-order valence-corrected chi connectivity index (χ3v) is 4.00. The van der Waals surface area contributed by atoms with Crippen molar-refractivity contribution in [3.05, 3.63) is 35.4 Å². The minimum absolute atomic E-state index is 0.632. The van der Waals surface area contributed by atoms with Crippen LogP contribution in [0.15, 0.2) is 24.3 Å². The Morgan fingerprint density at radius 3 is 2.53 bits per heavy atom. The van der Waals surface area contributed by atoms with Crippen LogP contribution >= 0.6 is 0 Å². The minimum atomic E-state index is 0.632. The third kappa shape index (κ3) is 4.32. The lowest BCUT2D eigenvalue weighted by Gasteiger charge is -2.36. The van der Waals surface area contributed by atoms with Crippen LogP contribution in [0.3, 0.4) is 0 Å². The van der Waals surface area contributed by atoms with Crippen LogP contribution in [0.2, 0.25) is 0 Å². The molecule has 1 saturated heterocycles. The first-order valence-electron chi connectivity index (χ1n) is 7.53. The Kier molecular flexibility index (Phi) is 5.00. The predicted molar refractivity (Wildman–Crippen MR) is 82.7 cm³/mol. The maximum Gasteiger partial charge on any atom is 0.0201 e. The molecule has 2 atom stereocenters. The Labute approximate surface area is 118 Å². The molecule has 2 nitrogen and oxygen atoms in total. The molecule has 19 heavy (non-hydrogen) atoms. The number of nitrogens with one attached hydrogen (secondary N) is 1. The van der Waals surface area contributed by atoms with Crippen molar-refractivity contribution in [3.8, 4) is 0 Å². The van der Waals surface area contributed by atoms with Gasteiger partial charge in [0.15, 0.2) is 0 Å². The zero-order valence-electron chi connectivity index (χ0n) is 12.8. The standard InChI is InChI=1S/C17H28N2/c1-13(2)10-18-17-9-16(11-19(4)12-17)15-7-5-14(3)6-8-15/h5-8,13,16-18H,9-12H2,1-4H3. The number of rotatable bonds is 4. The number of hydrogen-bond acceptors (Lipinski definition) is 2. The zero-order chi connectivity index (χ0) is 13.8. The van der Waals surface area contributed by atoms with Crippen LogP contribution in [0.1, 0.15) is 37.3 Å². The molecule has 1 heterocycles. The van der Waals surface area contributed by atoms with E-state index in [0.29, 0.717) is 12.0 Å². The smallest absolute Gasteiger partial charge is 0.0201 e. The van der Waals surface area contributed by atoms with Crippen molar-refractivity contribution in [1.29, 1.82) is 0 Å². The fourth-order valence-electron chi connectivity index (χ4n) is 2.95. The minimum Gasteiger partial charge on any atom is -0.312 e. The maximum atomic E-state index is 3.72. The summed E-state index contributed by atoms with van der Waals surface area (Å²) in [4.78, 5) is 2.46. The summed E-state index contributed by atoms with van der Waals surface area (Å²) in [7, 11) is 2.24. The molecular weight excluding hydrogens is 232 g/mol. The molecule has 1 fully saturated rings. The third-order valence-electron chi connectivity index (χ3n) is 4.00. The summed E-state index contributed by atoms with van der Waals surface area (Å²) in [6, 6.07) is 9.71. The summed E-state index contributed by atoms with van der Waals surface area (Å²) in [5, 5.41) is 3.72. The molecule has 2 heteroatoms. The fraction of sp³-hybridized carbons (Fsp3) is 0.647. The Morgan fingerprint density at radius 1 is 1.21 bits per heavy atom. The van der Waals surface area contributed by atoms with Gasteiger partial charge in [0, 0.05) is 19.1 Å². The van der Waals surface area contributed by atoms with E-state index in [1.807, 2.05) is 0 Å². The number of aryl methyl sites for hydroxylation is 1. The van der Waals surface area contributed by atoms with E-state index in [9.17, 15) is 0 Å². The van der Waals surface area contributed by atoms with E-state index in [1.54, 1.807) is 0 Å². The van der Waals surface area contributed by atoms with Crippen molar-refractivity contribution in [1.82, 2.24) is 10.2 Å². The van der Waals surface area contributed by atoms with Gasteiger partial charge in [-0.05, 0) is 44.3 Å². The molecule has 106 valence electrons. The number of likely N-dealkylation sites (N-methyl/N-ethyl adjacent to an activating group) is 1. The molecule has 2 unspecified atom stereocenters. The molecule has 1 N–H and O–H groups in total. The highest BCUT2D eigenvalue weighted by Gasteiger charge is 2.25. The normalized spacial score (nSPS) is 24.9. The topological polar surface area (TPSA) is 15.3 Å². The maximum absolute atomic E-state index is 3.72. The first kappa shape index (κ1) is 14.5. The molecular formula is C17H28N2. The summed E-state index contributed by atoms with van der Waals surface area (Å²) in [6.07, 6.45) is 1.26. The molecule has 0 aliphatic carbocycles. The molecule has 0 spiro atoms. The van der Waals surface area contributed by atoms with Crippen LogP contribution in [-0.2, 0) is 0 Å². The van der Waals surface area contributed by atoms with Gasteiger partial charge in [-0.1, -0.05) is 43.7 Å². The molecule has 0 amide bonds. The number of likely N-dealkylation sites (tertiary alicyclic amines) is 1.